The van der Waals surface area contributed by atoms with Crippen molar-refractivity contribution in [3.63, 3.8) is 0 Å². The third-order valence-electron chi connectivity index (χ3n) is 2.20. The van der Waals surface area contributed by atoms with E-state index in [1.807, 2.05) is 30.3 Å². The molecule has 0 N–H and O–H groups in total. The standard InChI is InChI=1S/C12H14ClF3O/c13-7-11(8-17-9-12(14,15)16)6-10-4-2-1-3-5-10/h1-5,11H,6-9H2. The first-order chi connectivity index (χ1) is 8.01. The first-order valence-corrected chi connectivity index (χ1v) is 5.79. The summed E-state index contributed by atoms with van der Waals surface area (Å²) >= 11 is 5.71. The van der Waals surface area contributed by atoms with Crippen molar-refractivity contribution in [2.24, 2.45) is 5.92 Å². The zero-order chi connectivity index (χ0) is 12.7. The first-order valence-electron chi connectivity index (χ1n) is 5.25. The van der Waals surface area contributed by atoms with Crippen LogP contribution in [0.1, 0.15) is 5.56 Å². The van der Waals surface area contributed by atoms with Crippen molar-refractivity contribution < 1.29 is 17.9 Å². The lowest BCUT2D eigenvalue weighted by molar-refractivity contribution is -0.176. The van der Waals surface area contributed by atoms with Crippen molar-refractivity contribution in [3.8, 4) is 0 Å². The van der Waals surface area contributed by atoms with Gasteiger partial charge in [0.1, 0.15) is 6.61 Å². The minimum Gasteiger partial charge on any atom is -0.372 e. The summed E-state index contributed by atoms with van der Waals surface area (Å²) in [6.07, 6.45) is -3.65. The number of halogens is 4. The molecule has 0 aliphatic heterocycles. The van der Waals surface area contributed by atoms with E-state index >= 15 is 0 Å². The van der Waals surface area contributed by atoms with Crippen LogP contribution in [0.15, 0.2) is 30.3 Å². The molecular formula is C12H14ClF3O. The fourth-order valence-electron chi connectivity index (χ4n) is 1.45. The Morgan fingerprint density at radius 1 is 1.18 bits per heavy atom. The molecule has 5 heteroatoms. The summed E-state index contributed by atoms with van der Waals surface area (Å²) in [4.78, 5) is 0. The molecule has 1 atom stereocenters. The van der Waals surface area contributed by atoms with Gasteiger partial charge < -0.3 is 4.74 Å². The minimum atomic E-state index is -4.27. The highest BCUT2D eigenvalue weighted by atomic mass is 35.5. The van der Waals surface area contributed by atoms with E-state index in [1.165, 1.54) is 0 Å². The van der Waals surface area contributed by atoms with E-state index in [2.05, 4.69) is 4.74 Å². The van der Waals surface area contributed by atoms with Crippen LogP contribution in [-0.4, -0.2) is 25.3 Å². The predicted octanol–water partition coefficient (Wildman–Crippen LogP) is 3.66. The number of hydrogen-bond acceptors (Lipinski definition) is 1. The van der Waals surface area contributed by atoms with Gasteiger partial charge >= 0.3 is 6.18 Å². The van der Waals surface area contributed by atoms with Gasteiger partial charge in [0, 0.05) is 5.88 Å². The van der Waals surface area contributed by atoms with Crippen LogP contribution in [0.2, 0.25) is 0 Å². The molecular weight excluding hydrogens is 253 g/mol. The van der Waals surface area contributed by atoms with Gasteiger partial charge in [-0.1, -0.05) is 30.3 Å². The van der Waals surface area contributed by atoms with Crippen LogP contribution in [-0.2, 0) is 11.2 Å². The third kappa shape index (κ3) is 6.54. The summed E-state index contributed by atoms with van der Waals surface area (Å²) in [6, 6.07) is 9.50. The fraction of sp³-hybridized carbons (Fsp3) is 0.500. The Bertz CT molecular complexity index is 313. The molecule has 0 aliphatic rings. The summed E-state index contributed by atoms with van der Waals surface area (Å²) < 4.78 is 40.3. The number of ether oxygens (including phenoxy) is 1. The van der Waals surface area contributed by atoms with Crippen LogP contribution in [0, 0.1) is 5.92 Å². The Balaban J connectivity index is 2.34. The van der Waals surface area contributed by atoms with E-state index in [0.717, 1.165) is 5.56 Å². The maximum atomic E-state index is 11.9. The zero-order valence-corrected chi connectivity index (χ0v) is 9.97. The number of rotatable bonds is 6. The monoisotopic (exact) mass is 266 g/mol. The van der Waals surface area contributed by atoms with E-state index in [1.54, 1.807) is 0 Å². The summed E-state index contributed by atoms with van der Waals surface area (Å²) in [7, 11) is 0. The molecule has 0 aromatic heterocycles. The Kier molecular flexibility index (Phi) is 5.78. The molecule has 0 bridgehead atoms. The van der Waals surface area contributed by atoms with Crippen molar-refractivity contribution >= 4 is 11.6 Å². The second-order valence-electron chi connectivity index (χ2n) is 3.84. The highest BCUT2D eigenvalue weighted by Gasteiger charge is 2.27. The zero-order valence-electron chi connectivity index (χ0n) is 9.21. The highest BCUT2D eigenvalue weighted by molar-refractivity contribution is 6.18. The van der Waals surface area contributed by atoms with Gasteiger partial charge in [0.15, 0.2) is 0 Å². The van der Waals surface area contributed by atoms with E-state index in [9.17, 15) is 13.2 Å². The number of alkyl halides is 4. The average molecular weight is 267 g/mol. The predicted molar refractivity (Wildman–Crippen MR) is 61.2 cm³/mol. The SMILES string of the molecule is FC(F)(F)COCC(CCl)Cc1ccccc1. The van der Waals surface area contributed by atoms with Crippen LogP contribution in [0.3, 0.4) is 0 Å². The maximum absolute atomic E-state index is 11.9. The van der Waals surface area contributed by atoms with Gasteiger partial charge in [0.05, 0.1) is 6.61 Å². The van der Waals surface area contributed by atoms with Crippen LogP contribution in [0.5, 0.6) is 0 Å². The topological polar surface area (TPSA) is 9.23 Å². The van der Waals surface area contributed by atoms with Gasteiger partial charge in [-0.25, -0.2) is 0 Å². The first kappa shape index (κ1) is 14.3. The summed E-state index contributed by atoms with van der Waals surface area (Å²) in [5, 5.41) is 0. The molecule has 0 radical (unpaired) electrons. The molecule has 17 heavy (non-hydrogen) atoms. The molecule has 0 aliphatic carbocycles. The average Bonchev–Trinajstić information content (AvgIpc) is 2.27. The Hall–Kier alpha value is -0.740. The molecule has 1 rings (SSSR count). The third-order valence-corrected chi connectivity index (χ3v) is 2.64. The number of benzene rings is 1. The molecule has 96 valence electrons. The molecule has 1 aromatic carbocycles. The molecule has 0 saturated carbocycles. The molecule has 1 unspecified atom stereocenters. The van der Waals surface area contributed by atoms with Crippen molar-refractivity contribution in [2.45, 2.75) is 12.6 Å². The molecule has 1 nitrogen and oxygen atoms in total. The molecule has 0 saturated heterocycles. The lowest BCUT2D eigenvalue weighted by Gasteiger charge is -2.15. The Morgan fingerprint density at radius 3 is 2.35 bits per heavy atom. The van der Waals surface area contributed by atoms with Gasteiger partial charge in [0.2, 0.25) is 0 Å². The normalized spacial score (nSPS) is 13.6. The van der Waals surface area contributed by atoms with Crippen LogP contribution in [0.25, 0.3) is 0 Å². The van der Waals surface area contributed by atoms with Crippen LogP contribution >= 0.6 is 11.6 Å². The molecule has 0 spiro atoms. The van der Waals surface area contributed by atoms with Crippen LogP contribution in [0.4, 0.5) is 13.2 Å². The van der Waals surface area contributed by atoms with Gasteiger partial charge in [-0.15, -0.1) is 11.6 Å². The lowest BCUT2D eigenvalue weighted by Crippen LogP contribution is -2.22. The van der Waals surface area contributed by atoms with Gasteiger partial charge in [-0.05, 0) is 17.9 Å². The highest BCUT2D eigenvalue weighted by Crippen LogP contribution is 2.16. The number of hydrogen-bond donors (Lipinski definition) is 0. The van der Waals surface area contributed by atoms with Gasteiger partial charge in [-0.2, -0.15) is 13.2 Å². The largest absolute Gasteiger partial charge is 0.411 e. The van der Waals surface area contributed by atoms with Gasteiger partial charge in [0.25, 0.3) is 0 Å². The second-order valence-corrected chi connectivity index (χ2v) is 4.15. The van der Waals surface area contributed by atoms with Crippen LogP contribution < -0.4 is 0 Å². The second kappa shape index (κ2) is 6.87. The minimum absolute atomic E-state index is 0.0257. The van der Waals surface area contributed by atoms with E-state index < -0.39 is 12.8 Å². The lowest BCUT2D eigenvalue weighted by atomic mass is 10.0. The quantitative estimate of drug-likeness (QED) is 0.714. The maximum Gasteiger partial charge on any atom is 0.411 e. The Labute approximate surface area is 104 Å². The fourth-order valence-corrected chi connectivity index (χ4v) is 1.64. The van der Waals surface area contributed by atoms with Crippen molar-refractivity contribution in [2.75, 3.05) is 19.1 Å². The van der Waals surface area contributed by atoms with Crippen molar-refractivity contribution in [1.29, 1.82) is 0 Å². The molecule has 0 fully saturated rings. The molecule has 0 amide bonds. The Morgan fingerprint density at radius 2 is 1.82 bits per heavy atom. The van der Waals surface area contributed by atoms with Gasteiger partial charge in [-0.3, -0.25) is 0 Å². The summed E-state index contributed by atoms with van der Waals surface area (Å²) in [6.45, 7) is -1.19. The smallest absolute Gasteiger partial charge is 0.372 e. The summed E-state index contributed by atoms with van der Waals surface area (Å²) in [5.41, 5.74) is 1.05. The molecule has 1 aromatic rings. The van der Waals surface area contributed by atoms with E-state index in [0.29, 0.717) is 6.42 Å². The van der Waals surface area contributed by atoms with Crippen molar-refractivity contribution in [1.82, 2.24) is 0 Å². The molecule has 0 heterocycles. The van der Waals surface area contributed by atoms with Crippen molar-refractivity contribution in [3.05, 3.63) is 35.9 Å². The summed E-state index contributed by atoms with van der Waals surface area (Å²) in [5.74, 6) is 0.189. The van der Waals surface area contributed by atoms with E-state index in [-0.39, 0.29) is 18.4 Å². The van der Waals surface area contributed by atoms with E-state index in [4.69, 9.17) is 11.6 Å².